The van der Waals surface area contributed by atoms with E-state index in [9.17, 15) is 9.18 Å². The number of anilines is 1. The molecule has 5 rings (SSSR count). The summed E-state index contributed by atoms with van der Waals surface area (Å²) >= 11 is 1.61. The van der Waals surface area contributed by atoms with Crippen molar-refractivity contribution in [3.8, 4) is 11.3 Å². The van der Waals surface area contributed by atoms with E-state index in [1.54, 1.807) is 23.5 Å². The van der Waals surface area contributed by atoms with Crippen molar-refractivity contribution in [2.24, 2.45) is 0 Å². The summed E-state index contributed by atoms with van der Waals surface area (Å²) in [6, 6.07) is 18.5. The fourth-order valence-corrected chi connectivity index (χ4v) is 4.59. The zero-order valence-electron chi connectivity index (χ0n) is 16.3. The van der Waals surface area contributed by atoms with Gasteiger partial charge in [0.05, 0.1) is 22.5 Å². The highest BCUT2D eigenvalue weighted by molar-refractivity contribution is 7.08. The van der Waals surface area contributed by atoms with Crippen molar-refractivity contribution in [1.82, 2.24) is 9.88 Å². The van der Waals surface area contributed by atoms with E-state index in [1.165, 1.54) is 6.07 Å². The van der Waals surface area contributed by atoms with Crippen LogP contribution in [0.5, 0.6) is 0 Å². The molecule has 1 amide bonds. The Balaban J connectivity index is 1.43. The zero-order chi connectivity index (χ0) is 20.5. The van der Waals surface area contributed by atoms with Gasteiger partial charge in [-0.15, -0.1) is 0 Å². The van der Waals surface area contributed by atoms with Crippen LogP contribution in [0.25, 0.3) is 22.2 Å². The largest absolute Gasteiger partial charge is 0.366 e. The molecule has 1 aliphatic heterocycles. The summed E-state index contributed by atoms with van der Waals surface area (Å²) in [4.78, 5) is 22.1. The maximum absolute atomic E-state index is 14.1. The lowest BCUT2D eigenvalue weighted by atomic mass is 10.0. The Labute approximate surface area is 178 Å². The maximum Gasteiger partial charge on any atom is 0.254 e. The number of piperazine rings is 1. The van der Waals surface area contributed by atoms with Crippen molar-refractivity contribution in [2.45, 2.75) is 0 Å². The number of thiophene rings is 1. The molecule has 4 nitrogen and oxygen atoms in total. The lowest BCUT2D eigenvalue weighted by molar-refractivity contribution is 0.0748. The molecule has 2 aromatic heterocycles. The summed E-state index contributed by atoms with van der Waals surface area (Å²) in [5.41, 5.74) is 3.90. The topological polar surface area (TPSA) is 36.4 Å². The highest BCUT2D eigenvalue weighted by Crippen LogP contribution is 2.28. The number of para-hydroxylation sites is 2. The first-order chi connectivity index (χ1) is 14.7. The van der Waals surface area contributed by atoms with Gasteiger partial charge in [0.1, 0.15) is 5.82 Å². The third-order valence-electron chi connectivity index (χ3n) is 5.52. The van der Waals surface area contributed by atoms with Crippen molar-refractivity contribution in [2.75, 3.05) is 31.1 Å². The van der Waals surface area contributed by atoms with Crippen molar-refractivity contribution in [3.63, 3.8) is 0 Å². The molecule has 6 heteroatoms. The minimum Gasteiger partial charge on any atom is -0.366 e. The first kappa shape index (κ1) is 18.8. The van der Waals surface area contributed by atoms with Crippen LogP contribution in [0, 0.1) is 5.82 Å². The minimum absolute atomic E-state index is 0.00161. The molecule has 1 aliphatic rings. The van der Waals surface area contributed by atoms with Gasteiger partial charge >= 0.3 is 0 Å². The molecule has 0 saturated carbocycles. The zero-order valence-corrected chi connectivity index (χ0v) is 17.1. The van der Waals surface area contributed by atoms with Crippen LogP contribution in [0.2, 0.25) is 0 Å². The molecule has 3 heterocycles. The summed E-state index contributed by atoms with van der Waals surface area (Å²) in [7, 11) is 0. The second-order valence-electron chi connectivity index (χ2n) is 7.31. The third kappa shape index (κ3) is 3.44. The highest BCUT2D eigenvalue weighted by atomic mass is 32.1. The van der Waals surface area contributed by atoms with Crippen LogP contribution in [-0.4, -0.2) is 42.0 Å². The number of carbonyl (C=O) groups excluding carboxylic acids is 1. The number of hydrogen-bond donors (Lipinski definition) is 0. The average Bonchev–Trinajstić information content (AvgIpc) is 3.33. The fraction of sp³-hybridized carbons (Fsp3) is 0.167. The van der Waals surface area contributed by atoms with Crippen LogP contribution in [0.3, 0.4) is 0 Å². The number of nitrogens with zero attached hydrogens (tertiary/aromatic N) is 3. The Kier molecular flexibility index (Phi) is 4.93. The van der Waals surface area contributed by atoms with Crippen molar-refractivity contribution in [1.29, 1.82) is 0 Å². The lowest BCUT2D eigenvalue weighted by Crippen LogP contribution is -2.49. The van der Waals surface area contributed by atoms with Gasteiger partial charge in [-0.05, 0) is 35.7 Å². The van der Waals surface area contributed by atoms with Crippen LogP contribution < -0.4 is 4.90 Å². The molecule has 1 saturated heterocycles. The molecule has 0 bridgehead atoms. The second kappa shape index (κ2) is 7.88. The minimum atomic E-state index is -0.224. The number of fused-ring (bicyclic) bond motifs is 1. The number of hydrogen-bond acceptors (Lipinski definition) is 4. The van der Waals surface area contributed by atoms with E-state index in [2.05, 4.69) is 0 Å². The molecule has 0 unspecified atom stereocenters. The molecular weight excluding hydrogens is 397 g/mol. The Bertz CT molecular complexity index is 1200. The fourth-order valence-electron chi connectivity index (χ4n) is 3.94. The van der Waals surface area contributed by atoms with Gasteiger partial charge in [0.15, 0.2) is 0 Å². The number of amides is 1. The van der Waals surface area contributed by atoms with E-state index in [0.29, 0.717) is 37.4 Å². The summed E-state index contributed by atoms with van der Waals surface area (Å²) in [6.07, 6.45) is 0. The summed E-state index contributed by atoms with van der Waals surface area (Å²) in [5.74, 6) is -0.226. The summed E-state index contributed by atoms with van der Waals surface area (Å²) in [6.45, 7) is 2.31. The number of aromatic nitrogens is 1. The summed E-state index contributed by atoms with van der Waals surface area (Å²) < 4.78 is 14.1. The van der Waals surface area contributed by atoms with Crippen LogP contribution in [0.15, 0.2) is 71.4 Å². The molecule has 4 aromatic rings. The monoisotopic (exact) mass is 417 g/mol. The predicted molar refractivity (Wildman–Crippen MR) is 120 cm³/mol. The molecule has 0 aliphatic carbocycles. The van der Waals surface area contributed by atoms with E-state index < -0.39 is 0 Å². The Morgan fingerprint density at radius 2 is 1.73 bits per heavy atom. The van der Waals surface area contributed by atoms with Crippen LogP contribution in [0.4, 0.5) is 10.1 Å². The first-order valence-corrected chi connectivity index (χ1v) is 10.9. The normalized spacial score (nSPS) is 14.3. The number of halogens is 1. The lowest BCUT2D eigenvalue weighted by Gasteiger charge is -2.36. The number of rotatable bonds is 3. The highest BCUT2D eigenvalue weighted by Gasteiger charge is 2.25. The van der Waals surface area contributed by atoms with Gasteiger partial charge in [-0.3, -0.25) is 4.79 Å². The van der Waals surface area contributed by atoms with E-state index >= 15 is 0 Å². The van der Waals surface area contributed by atoms with Crippen LogP contribution in [0.1, 0.15) is 10.4 Å². The molecule has 0 radical (unpaired) electrons. The third-order valence-corrected chi connectivity index (χ3v) is 6.21. The van der Waals surface area contributed by atoms with E-state index in [1.807, 2.05) is 63.0 Å². The Morgan fingerprint density at radius 1 is 0.967 bits per heavy atom. The number of benzene rings is 2. The van der Waals surface area contributed by atoms with Crippen molar-refractivity contribution < 1.29 is 9.18 Å². The van der Waals surface area contributed by atoms with Gasteiger partial charge in [-0.1, -0.05) is 30.3 Å². The van der Waals surface area contributed by atoms with E-state index in [4.69, 9.17) is 4.98 Å². The van der Waals surface area contributed by atoms with Gasteiger partial charge < -0.3 is 9.80 Å². The molecule has 0 spiro atoms. The Hall–Kier alpha value is -3.25. The van der Waals surface area contributed by atoms with Gasteiger partial charge in [-0.2, -0.15) is 11.3 Å². The molecule has 0 atom stereocenters. The van der Waals surface area contributed by atoms with Crippen LogP contribution >= 0.6 is 11.3 Å². The first-order valence-electron chi connectivity index (χ1n) is 9.92. The van der Waals surface area contributed by atoms with Gasteiger partial charge in [0, 0.05) is 42.5 Å². The SMILES string of the molecule is O=C(c1cc(-c2ccsc2)nc2ccccc12)N1CCN(c2ccccc2F)CC1. The maximum atomic E-state index is 14.1. The van der Waals surface area contributed by atoms with Crippen molar-refractivity contribution in [3.05, 3.63) is 82.8 Å². The number of pyridine rings is 1. The standard InChI is InChI=1S/C24H20FN3OS/c25-20-6-2-4-8-23(20)27-10-12-28(13-11-27)24(29)19-15-22(17-9-14-30-16-17)26-21-7-3-1-5-18(19)21/h1-9,14-16H,10-13H2. The van der Waals surface area contributed by atoms with Crippen LogP contribution in [-0.2, 0) is 0 Å². The average molecular weight is 418 g/mol. The summed E-state index contributed by atoms with van der Waals surface area (Å²) in [5, 5.41) is 4.91. The molecule has 30 heavy (non-hydrogen) atoms. The quantitative estimate of drug-likeness (QED) is 0.467. The smallest absolute Gasteiger partial charge is 0.254 e. The molecule has 0 N–H and O–H groups in total. The van der Waals surface area contributed by atoms with E-state index in [0.717, 1.165) is 22.2 Å². The predicted octanol–water partition coefficient (Wildman–Crippen LogP) is 5.06. The van der Waals surface area contributed by atoms with Crippen molar-refractivity contribution >= 4 is 33.8 Å². The molecular formula is C24H20FN3OS. The van der Waals surface area contributed by atoms with E-state index in [-0.39, 0.29) is 11.7 Å². The number of carbonyl (C=O) groups is 1. The van der Waals surface area contributed by atoms with Gasteiger partial charge in [0.2, 0.25) is 0 Å². The molecule has 1 fully saturated rings. The van der Waals surface area contributed by atoms with Gasteiger partial charge in [0.25, 0.3) is 5.91 Å². The Morgan fingerprint density at radius 3 is 2.50 bits per heavy atom. The molecule has 150 valence electrons. The second-order valence-corrected chi connectivity index (χ2v) is 8.09. The van der Waals surface area contributed by atoms with Gasteiger partial charge in [-0.25, -0.2) is 9.37 Å². The molecule has 2 aromatic carbocycles.